The Morgan fingerprint density at radius 3 is 2.38 bits per heavy atom. The predicted molar refractivity (Wildman–Crippen MR) is 121 cm³/mol. The Morgan fingerprint density at radius 1 is 0.969 bits per heavy atom. The van der Waals surface area contributed by atoms with E-state index in [9.17, 15) is 21.6 Å². The molecule has 32 heavy (non-hydrogen) atoms. The number of amides is 1. The summed E-state index contributed by atoms with van der Waals surface area (Å²) >= 11 is 5.85. The summed E-state index contributed by atoms with van der Waals surface area (Å²) in [6.07, 6.45) is 2.74. The highest BCUT2D eigenvalue weighted by Crippen LogP contribution is 2.27. The molecule has 2 fully saturated rings. The molecule has 0 aromatic heterocycles. The van der Waals surface area contributed by atoms with E-state index < -0.39 is 26.0 Å². The molecule has 1 aliphatic carbocycles. The number of rotatable bonds is 7. The highest BCUT2D eigenvalue weighted by Gasteiger charge is 2.33. The molecule has 1 saturated heterocycles. The molecule has 0 spiro atoms. The molecule has 2 N–H and O–H groups in total. The number of nitrogens with zero attached hydrogens (tertiary/aromatic N) is 1. The normalized spacial score (nSPS) is 20.1. The van der Waals surface area contributed by atoms with E-state index in [-0.39, 0.29) is 28.3 Å². The number of benzene rings is 2. The van der Waals surface area contributed by atoms with Gasteiger partial charge in [-0.2, -0.15) is 4.31 Å². The molecule has 1 amide bonds. The number of hydrogen-bond acceptors (Lipinski definition) is 5. The second kappa shape index (κ2) is 9.11. The molecule has 1 heterocycles. The van der Waals surface area contributed by atoms with Crippen LogP contribution < -0.4 is 10.0 Å². The summed E-state index contributed by atoms with van der Waals surface area (Å²) in [6.45, 7) is 0.382. The van der Waals surface area contributed by atoms with Gasteiger partial charge in [-0.25, -0.2) is 21.6 Å². The van der Waals surface area contributed by atoms with Crippen molar-refractivity contribution < 1.29 is 21.6 Å². The quantitative estimate of drug-likeness (QED) is 0.610. The van der Waals surface area contributed by atoms with Crippen LogP contribution in [0.25, 0.3) is 0 Å². The van der Waals surface area contributed by atoms with Gasteiger partial charge in [-0.3, -0.25) is 4.79 Å². The topological polar surface area (TPSA) is 113 Å². The molecule has 2 aromatic rings. The first-order chi connectivity index (χ1) is 15.1. The fourth-order valence-corrected chi connectivity index (χ4v) is 6.60. The summed E-state index contributed by atoms with van der Waals surface area (Å²) in [5.74, 6) is -0.888. The van der Waals surface area contributed by atoms with Gasteiger partial charge in [-0.05, 0) is 68.1 Å². The second-order valence-corrected chi connectivity index (χ2v) is 12.2. The second-order valence-electron chi connectivity index (χ2n) is 8.07. The Kier molecular flexibility index (Phi) is 6.60. The van der Waals surface area contributed by atoms with Gasteiger partial charge < -0.3 is 5.32 Å². The van der Waals surface area contributed by atoms with Crippen molar-refractivity contribution in [3.8, 4) is 0 Å². The summed E-state index contributed by atoms with van der Waals surface area (Å²) in [6, 6.07) is 12.0. The van der Waals surface area contributed by atoms with Crippen molar-refractivity contribution in [2.24, 2.45) is 5.92 Å². The predicted octanol–water partition coefficient (Wildman–Crippen LogP) is 2.82. The van der Waals surface area contributed by atoms with Crippen molar-refractivity contribution in [1.29, 1.82) is 0 Å². The van der Waals surface area contributed by atoms with Crippen LogP contribution in [0, 0.1) is 5.92 Å². The van der Waals surface area contributed by atoms with E-state index >= 15 is 0 Å². The number of nitrogens with one attached hydrogen (secondary N) is 2. The number of carbonyl (C=O) groups excluding carboxylic acids is 1. The first-order valence-corrected chi connectivity index (χ1v) is 13.6. The number of piperidine rings is 1. The third-order valence-electron chi connectivity index (χ3n) is 5.52. The van der Waals surface area contributed by atoms with Gasteiger partial charge >= 0.3 is 0 Å². The third kappa shape index (κ3) is 5.32. The van der Waals surface area contributed by atoms with Crippen molar-refractivity contribution in [3.63, 3.8) is 0 Å². The molecule has 0 radical (unpaired) electrons. The minimum atomic E-state index is -3.74. The summed E-state index contributed by atoms with van der Waals surface area (Å²) < 4.78 is 54.7. The van der Waals surface area contributed by atoms with Gasteiger partial charge in [0.1, 0.15) is 0 Å². The summed E-state index contributed by atoms with van der Waals surface area (Å²) in [4.78, 5) is 13.1. The summed E-state index contributed by atoms with van der Waals surface area (Å²) in [7, 11) is -7.38. The maximum atomic E-state index is 13.0. The molecular weight excluding hydrogens is 474 g/mol. The standard InChI is InChI=1S/C21H24ClN3O5S2/c22-16-6-10-19(11-7-16)32(29,30)25-12-2-3-15(14-25)21(26)23-18-4-1-5-20(13-18)31(27,28)24-17-8-9-17/h1,4-7,10-11,13,15,17,24H,2-3,8-9,12,14H2,(H,23,26)/t15-/m1/s1. The van der Waals surface area contributed by atoms with Crippen molar-refractivity contribution >= 4 is 43.2 Å². The van der Waals surface area contributed by atoms with E-state index in [1.807, 2.05) is 0 Å². The Labute approximate surface area is 193 Å². The molecule has 1 atom stereocenters. The van der Waals surface area contributed by atoms with Crippen LogP contribution in [0.1, 0.15) is 25.7 Å². The Hall–Kier alpha value is -1.98. The van der Waals surface area contributed by atoms with E-state index in [0.29, 0.717) is 30.1 Å². The van der Waals surface area contributed by atoms with Crippen molar-refractivity contribution in [1.82, 2.24) is 9.03 Å². The van der Waals surface area contributed by atoms with Gasteiger partial charge in [0.2, 0.25) is 26.0 Å². The van der Waals surface area contributed by atoms with Crippen LogP contribution in [0.5, 0.6) is 0 Å². The average Bonchev–Trinajstić information content (AvgIpc) is 3.58. The van der Waals surface area contributed by atoms with Gasteiger partial charge in [-0.15, -0.1) is 0 Å². The lowest BCUT2D eigenvalue weighted by atomic mass is 9.99. The molecule has 8 nitrogen and oxygen atoms in total. The summed E-state index contributed by atoms with van der Waals surface area (Å²) in [5, 5.41) is 3.18. The van der Waals surface area contributed by atoms with Crippen LogP contribution in [0.3, 0.4) is 0 Å². The Morgan fingerprint density at radius 2 is 1.69 bits per heavy atom. The number of anilines is 1. The number of hydrogen-bond donors (Lipinski definition) is 2. The third-order valence-corrected chi connectivity index (χ3v) is 9.17. The molecule has 11 heteroatoms. The minimum Gasteiger partial charge on any atom is -0.326 e. The van der Waals surface area contributed by atoms with E-state index in [2.05, 4.69) is 10.0 Å². The maximum Gasteiger partial charge on any atom is 0.243 e. The minimum absolute atomic E-state index is 0.0194. The van der Waals surface area contributed by atoms with Gasteiger partial charge in [0.15, 0.2) is 0 Å². The van der Waals surface area contributed by atoms with Gasteiger partial charge in [0, 0.05) is 29.8 Å². The van der Waals surface area contributed by atoms with Crippen LogP contribution >= 0.6 is 11.6 Å². The lowest BCUT2D eigenvalue weighted by Gasteiger charge is -2.31. The van der Waals surface area contributed by atoms with Crippen molar-refractivity contribution in [3.05, 3.63) is 53.6 Å². The van der Waals surface area contributed by atoms with Crippen molar-refractivity contribution in [2.75, 3.05) is 18.4 Å². The van der Waals surface area contributed by atoms with E-state index in [1.165, 1.54) is 40.7 Å². The molecule has 2 aromatic carbocycles. The van der Waals surface area contributed by atoms with Crippen LogP contribution in [-0.2, 0) is 24.8 Å². The number of halogens is 1. The molecule has 4 rings (SSSR count). The Bertz CT molecular complexity index is 1210. The van der Waals surface area contributed by atoms with Crippen LogP contribution in [0.2, 0.25) is 5.02 Å². The molecule has 0 unspecified atom stereocenters. The lowest BCUT2D eigenvalue weighted by molar-refractivity contribution is -0.120. The molecule has 172 valence electrons. The van der Waals surface area contributed by atoms with Crippen LogP contribution in [0.15, 0.2) is 58.3 Å². The van der Waals surface area contributed by atoms with Gasteiger partial charge in [-0.1, -0.05) is 17.7 Å². The number of sulfonamides is 2. The van der Waals surface area contributed by atoms with Crippen LogP contribution in [-0.4, -0.2) is 46.2 Å². The highest BCUT2D eigenvalue weighted by molar-refractivity contribution is 7.89. The van der Waals surface area contributed by atoms with E-state index in [4.69, 9.17) is 11.6 Å². The molecule has 1 aliphatic heterocycles. The Balaban J connectivity index is 1.45. The lowest BCUT2D eigenvalue weighted by Crippen LogP contribution is -2.43. The largest absolute Gasteiger partial charge is 0.326 e. The molecule has 1 saturated carbocycles. The number of carbonyl (C=O) groups is 1. The van der Waals surface area contributed by atoms with Crippen LogP contribution in [0.4, 0.5) is 5.69 Å². The maximum absolute atomic E-state index is 13.0. The van der Waals surface area contributed by atoms with Gasteiger partial charge in [0.05, 0.1) is 15.7 Å². The smallest absolute Gasteiger partial charge is 0.243 e. The molecular formula is C21H24ClN3O5S2. The SMILES string of the molecule is O=C(Nc1cccc(S(=O)(=O)NC2CC2)c1)[C@@H]1CCCN(S(=O)(=O)c2ccc(Cl)cc2)C1. The fraction of sp³-hybridized carbons (Fsp3) is 0.381. The van der Waals surface area contributed by atoms with Crippen molar-refractivity contribution in [2.45, 2.75) is 41.5 Å². The fourth-order valence-electron chi connectivity index (χ4n) is 3.60. The first kappa shape index (κ1) is 23.2. The zero-order valence-electron chi connectivity index (χ0n) is 17.2. The van der Waals surface area contributed by atoms with E-state index in [0.717, 1.165) is 12.8 Å². The monoisotopic (exact) mass is 497 g/mol. The first-order valence-electron chi connectivity index (χ1n) is 10.3. The zero-order valence-corrected chi connectivity index (χ0v) is 19.6. The van der Waals surface area contributed by atoms with E-state index in [1.54, 1.807) is 12.1 Å². The molecule has 2 aliphatic rings. The average molecular weight is 498 g/mol. The summed E-state index contributed by atoms with van der Waals surface area (Å²) in [5.41, 5.74) is 0.353. The highest BCUT2D eigenvalue weighted by atomic mass is 35.5. The molecule has 0 bridgehead atoms. The zero-order chi connectivity index (χ0) is 22.9. The van der Waals surface area contributed by atoms with Gasteiger partial charge in [0.25, 0.3) is 0 Å².